The number of ether oxygens (including phenoxy) is 1. The van der Waals surface area contributed by atoms with Gasteiger partial charge in [0.2, 0.25) is 5.91 Å². The predicted molar refractivity (Wildman–Crippen MR) is 109 cm³/mol. The van der Waals surface area contributed by atoms with Crippen molar-refractivity contribution in [3.8, 4) is 0 Å². The summed E-state index contributed by atoms with van der Waals surface area (Å²) in [6, 6.07) is 3.63. The molecular weight excluding hydrogens is 386 g/mol. The number of nitrogens with zero attached hydrogens (tertiary/aromatic N) is 2. The number of aromatic nitrogens is 3. The molecule has 0 radical (unpaired) electrons. The van der Waals surface area contributed by atoms with Crippen LogP contribution in [0.1, 0.15) is 74.9 Å². The lowest BCUT2D eigenvalue weighted by molar-refractivity contribution is -0.115. The Hall–Kier alpha value is -2.84. The van der Waals surface area contributed by atoms with Gasteiger partial charge in [-0.3, -0.25) is 9.89 Å². The monoisotopic (exact) mass is 415 g/mol. The molecule has 2 saturated carbocycles. The van der Waals surface area contributed by atoms with Crippen molar-refractivity contribution in [3.05, 3.63) is 29.3 Å². The van der Waals surface area contributed by atoms with E-state index in [9.17, 15) is 9.59 Å². The van der Waals surface area contributed by atoms with Crippen molar-refractivity contribution in [2.75, 3.05) is 5.32 Å². The number of aryl methyl sites for hydroxylation is 1. The Balaban J connectivity index is 1.26. The highest BCUT2D eigenvalue weighted by molar-refractivity contribution is 5.91. The molecule has 0 unspecified atom stereocenters. The minimum absolute atomic E-state index is 0.0511. The molecule has 0 spiro atoms. The van der Waals surface area contributed by atoms with Crippen molar-refractivity contribution in [3.63, 3.8) is 0 Å². The maximum Gasteiger partial charge on any atom is 0.407 e. The molecule has 2 aromatic rings. The third-order valence-electron chi connectivity index (χ3n) is 5.91. The Bertz CT molecular complexity index is 901. The Morgan fingerprint density at radius 2 is 2.10 bits per heavy atom. The lowest BCUT2D eigenvalue weighted by atomic mass is 9.97. The lowest BCUT2D eigenvalue weighted by Crippen LogP contribution is -2.36. The Morgan fingerprint density at radius 1 is 1.27 bits per heavy atom. The summed E-state index contributed by atoms with van der Waals surface area (Å²) in [4.78, 5) is 24.2. The summed E-state index contributed by atoms with van der Waals surface area (Å²) in [6.07, 6.45) is 6.37. The van der Waals surface area contributed by atoms with E-state index in [1.54, 1.807) is 6.07 Å². The summed E-state index contributed by atoms with van der Waals surface area (Å²) in [7, 11) is 0. The van der Waals surface area contributed by atoms with Crippen molar-refractivity contribution in [2.45, 2.75) is 82.8 Å². The Labute approximate surface area is 175 Å². The molecule has 9 nitrogen and oxygen atoms in total. The van der Waals surface area contributed by atoms with E-state index in [0.29, 0.717) is 17.5 Å². The first-order chi connectivity index (χ1) is 14.4. The van der Waals surface area contributed by atoms with Gasteiger partial charge in [0.05, 0.1) is 12.1 Å². The number of amides is 2. The molecule has 2 fully saturated rings. The number of rotatable bonds is 6. The molecule has 0 bridgehead atoms. The third kappa shape index (κ3) is 5.40. The Morgan fingerprint density at radius 3 is 2.83 bits per heavy atom. The van der Waals surface area contributed by atoms with Crippen LogP contribution in [0.15, 0.2) is 16.7 Å². The topological polar surface area (TPSA) is 122 Å². The van der Waals surface area contributed by atoms with Crippen molar-refractivity contribution in [1.82, 2.24) is 20.7 Å². The molecule has 9 heteroatoms. The predicted octanol–water partition coefficient (Wildman–Crippen LogP) is 3.58. The average molecular weight is 415 g/mol. The van der Waals surface area contributed by atoms with Gasteiger partial charge in [-0.2, -0.15) is 5.10 Å². The third-order valence-corrected chi connectivity index (χ3v) is 5.91. The van der Waals surface area contributed by atoms with E-state index in [0.717, 1.165) is 56.3 Å². The summed E-state index contributed by atoms with van der Waals surface area (Å²) in [5, 5.41) is 16.8. The van der Waals surface area contributed by atoms with Crippen molar-refractivity contribution >= 4 is 17.8 Å². The number of carbonyl (C=O) groups is 2. The molecule has 0 aliphatic heterocycles. The van der Waals surface area contributed by atoms with Crippen LogP contribution < -0.4 is 10.6 Å². The molecule has 3 N–H and O–H groups in total. The van der Waals surface area contributed by atoms with Crippen LogP contribution in [0.4, 0.5) is 10.6 Å². The van der Waals surface area contributed by atoms with Crippen molar-refractivity contribution in [1.29, 1.82) is 0 Å². The van der Waals surface area contributed by atoms with Gasteiger partial charge < -0.3 is 19.9 Å². The molecule has 4 rings (SSSR count). The van der Waals surface area contributed by atoms with Gasteiger partial charge in [-0.05, 0) is 58.8 Å². The molecule has 162 valence electrons. The Kier molecular flexibility index (Phi) is 5.78. The van der Waals surface area contributed by atoms with Crippen LogP contribution in [-0.2, 0) is 16.0 Å². The maximum absolute atomic E-state index is 12.2. The summed E-state index contributed by atoms with van der Waals surface area (Å²) < 4.78 is 10.7. The van der Waals surface area contributed by atoms with Gasteiger partial charge in [-0.25, -0.2) is 4.79 Å². The van der Waals surface area contributed by atoms with E-state index in [2.05, 4.69) is 26.0 Å². The zero-order valence-corrected chi connectivity index (χ0v) is 17.5. The molecule has 2 aromatic heterocycles. The second kappa shape index (κ2) is 8.49. The number of hydrogen-bond acceptors (Lipinski definition) is 6. The van der Waals surface area contributed by atoms with E-state index < -0.39 is 0 Å². The first kappa shape index (κ1) is 20.4. The number of alkyl carbamates (subject to hydrolysis) is 1. The molecule has 2 aliphatic carbocycles. The van der Waals surface area contributed by atoms with Crippen LogP contribution in [0.2, 0.25) is 0 Å². The number of aromatic amines is 1. The highest BCUT2D eigenvalue weighted by atomic mass is 16.6. The number of H-pyrrole nitrogens is 1. The highest BCUT2D eigenvalue weighted by Crippen LogP contribution is 2.35. The first-order valence-electron chi connectivity index (χ1n) is 10.6. The van der Waals surface area contributed by atoms with Crippen LogP contribution >= 0.6 is 0 Å². The maximum atomic E-state index is 12.2. The standard InChI is InChI=1S/C21H29N5O4/c1-13-10-16(30-26-13)11-19(27)22-18-12-17(24-25-18)14-4-3-5-15(7-6-14)29-20(28)23-21(2)8-9-21/h10,12,14-15H,3-9,11H2,1-2H3,(H,23,28)(H2,22,24,25,27)/t14-,15-/m0/s1. The molecule has 30 heavy (non-hydrogen) atoms. The lowest BCUT2D eigenvalue weighted by Gasteiger charge is -2.18. The molecule has 2 heterocycles. The van der Waals surface area contributed by atoms with Crippen LogP contribution in [0.3, 0.4) is 0 Å². The summed E-state index contributed by atoms with van der Waals surface area (Å²) >= 11 is 0. The van der Waals surface area contributed by atoms with Crippen LogP contribution in [0.5, 0.6) is 0 Å². The van der Waals surface area contributed by atoms with E-state index in [-0.39, 0.29) is 30.1 Å². The minimum Gasteiger partial charge on any atom is -0.446 e. The summed E-state index contributed by atoms with van der Waals surface area (Å²) in [6.45, 7) is 3.85. The molecule has 0 aromatic carbocycles. The number of nitrogens with one attached hydrogen (secondary N) is 3. The average Bonchev–Trinajstić information content (AvgIpc) is 3.09. The van der Waals surface area contributed by atoms with Crippen LogP contribution in [0.25, 0.3) is 0 Å². The van der Waals surface area contributed by atoms with Crippen LogP contribution in [0, 0.1) is 6.92 Å². The fraction of sp³-hybridized carbons (Fsp3) is 0.619. The molecule has 0 saturated heterocycles. The van der Waals surface area contributed by atoms with Gasteiger partial charge in [0.1, 0.15) is 11.9 Å². The second-order valence-corrected chi connectivity index (χ2v) is 8.79. The first-order valence-corrected chi connectivity index (χ1v) is 10.6. The molecular formula is C21H29N5O4. The number of anilines is 1. The second-order valence-electron chi connectivity index (χ2n) is 8.79. The van der Waals surface area contributed by atoms with E-state index in [1.807, 2.05) is 19.9 Å². The number of carbonyl (C=O) groups excluding carboxylic acids is 2. The van der Waals surface area contributed by atoms with Gasteiger partial charge in [-0.1, -0.05) is 5.16 Å². The zero-order chi connectivity index (χ0) is 21.1. The van der Waals surface area contributed by atoms with E-state index in [4.69, 9.17) is 9.26 Å². The highest BCUT2D eigenvalue weighted by Gasteiger charge is 2.39. The molecule has 2 aliphatic rings. The smallest absolute Gasteiger partial charge is 0.407 e. The summed E-state index contributed by atoms with van der Waals surface area (Å²) in [5.41, 5.74) is 1.68. The van der Waals surface area contributed by atoms with Crippen LogP contribution in [-0.4, -0.2) is 39.0 Å². The van der Waals surface area contributed by atoms with Crippen molar-refractivity contribution < 1.29 is 18.8 Å². The molecule has 2 amide bonds. The quantitative estimate of drug-likeness (QED) is 0.620. The van der Waals surface area contributed by atoms with Crippen molar-refractivity contribution in [2.24, 2.45) is 0 Å². The SMILES string of the molecule is Cc1cc(CC(=O)Nc2cc([C@H]3CCC[C@H](OC(=O)NC4(C)CC4)CC3)[nH]n2)on1. The fourth-order valence-electron chi connectivity index (χ4n) is 3.89. The fourth-order valence-corrected chi connectivity index (χ4v) is 3.89. The summed E-state index contributed by atoms with van der Waals surface area (Å²) in [5.74, 6) is 1.13. The van der Waals surface area contributed by atoms with E-state index in [1.165, 1.54) is 0 Å². The van der Waals surface area contributed by atoms with Gasteiger partial charge in [0, 0.05) is 29.3 Å². The largest absolute Gasteiger partial charge is 0.446 e. The normalized spacial score (nSPS) is 22.7. The van der Waals surface area contributed by atoms with E-state index >= 15 is 0 Å². The van der Waals surface area contributed by atoms with Gasteiger partial charge in [0.15, 0.2) is 5.82 Å². The van der Waals surface area contributed by atoms with Gasteiger partial charge >= 0.3 is 6.09 Å². The zero-order valence-electron chi connectivity index (χ0n) is 17.5. The minimum atomic E-state index is -0.299. The van der Waals surface area contributed by atoms with Gasteiger partial charge in [0.25, 0.3) is 0 Å². The molecule has 2 atom stereocenters. The number of hydrogen-bond donors (Lipinski definition) is 3. The van der Waals surface area contributed by atoms with Gasteiger partial charge in [-0.15, -0.1) is 0 Å².